The summed E-state index contributed by atoms with van der Waals surface area (Å²) in [4.78, 5) is 4.94. The van der Waals surface area contributed by atoms with Gasteiger partial charge < -0.3 is 5.11 Å². The maximum absolute atomic E-state index is 13.6. The van der Waals surface area contributed by atoms with Crippen LogP contribution in [-0.4, -0.2) is 10.1 Å². The number of aliphatic hydroxyl groups excluding tert-OH is 1. The van der Waals surface area contributed by atoms with Gasteiger partial charge in [-0.1, -0.05) is 17.7 Å². The minimum absolute atomic E-state index is 0.0877. The Balaban J connectivity index is 2.58. The fraction of sp³-hybridized carbons (Fsp3) is 0.182. The van der Waals surface area contributed by atoms with Crippen molar-refractivity contribution in [2.45, 2.75) is 13.5 Å². The lowest BCUT2D eigenvalue weighted by atomic mass is 10.2. The van der Waals surface area contributed by atoms with Gasteiger partial charge in [0.2, 0.25) is 0 Å². The summed E-state index contributed by atoms with van der Waals surface area (Å²) in [6, 6.07) is 4.51. The van der Waals surface area contributed by atoms with Gasteiger partial charge in [-0.3, -0.25) is 0 Å². The number of rotatable bonds is 2. The largest absolute Gasteiger partial charge is 0.391 e. The summed E-state index contributed by atoms with van der Waals surface area (Å²) < 4.78 is 13.6. The zero-order valence-corrected chi connectivity index (χ0v) is 10.1. The molecule has 0 fully saturated rings. The number of aryl methyl sites for hydroxylation is 1. The summed E-state index contributed by atoms with van der Waals surface area (Å²) in [6.07, 6.45) is 0. The molecule has 16 heavy (non-hydrogen) atoms. The number of nitrogens with zero attached hydrogens (tertiary/aromatic N) is 1. The lowest BCUT2D eigenvalue weighted by Crippen LogP contribution is -1.85. The van der Waals surface area contributed by atoms with Gasteiger partial charge in [0.1, 0.15) is 10.8 Å². The van der Waals surface area contributed by atoms with Crippen LogP contribution in [0, 0.1) is 12.7 Å². The van der Waals surface area contributed by atoms with Crippen molar-refractivity contribution in [3.63, 3.8) is 0 Å². The first kappa shape index (κ1) is 11.5. The molecule has 2 nitrogen and oxygen atoms in total. The van der Waals surface area contributed by atoms with Gasteiger partial charge in [0.25, 0.3) is 0 Å². The second-order valence-electron chi connectivity index (χ2n) is 3.28. The van der Waals surface area contributed by atoms with E-state index in [-0.39, 0.29) is 6.61 Å². The molecule has 0 amide bonds. The van der Waals surface area contributed by atoms with Crippen LogP contribution in [0.2, 0.25) is 5.02 Å². The zero-order valence-electron chi connectivity index (χ0n) is 8.50. The Morgan fingerprint density at radius 2 is 2.25 bits per heavy atom. The molecule has 0 bridgehead atoms. The molecule has 5 heteroatoms. The Kier molecular flexibility index (Phi) is 3.23. The van der Waals surface area contributed by atoms with Crippen LogP contribution >= 0.6 is 22.9 Å². The highest BCUT2D eigenvalue weighted by Gasteiger charge is 2.15. The average Bonchev–Trinajstić information content (AvgIpc) is 2.59. The summed E-state index contributed by atoms with van der Waals surface area (Å²) in [5.74, 6) is -0.397. The summed E-state index contributed by atoms with van der Waals surface area (Å²) >= 11 is 7.19. The third kappa shape index (κ3) is 1.96. The normalized spacial score (nSPS) is 10.8. The van der Waals surface area contributed by atoms with Crippen molar-refractivity contribution < 1.29 is 9.50 Å². The van der Waals surface area contributed by atoms with Crippen LogP contribution in [-0.2, 0) is 6.61 Å². The van der Waals surface area contributed by atoms with Crippen molar-refractivity contribution in [2.24, 2.45) is 0 Å². The smallest absolute Gasteiger partial charge is 0.134 e. The molecule has 0 aliphatic heterocycles. The molecule has 0 atom stereocenters. The van der Waals surface area contributed by atoms with Crippen LogP contribution in [0.1, 0.15) is 10.6 Å². The molecule has 1 N–H and O–H groups in total. The van der Waals surface area contributed by atoms with Gasteiger partial charge in [-0.05, 0) is 19.1 Å². The number of benzene rings is 1. The highest BCUT2D eigenvalue weighted by Crippen LogP contribution is 2.34. The predicted octanol–water partition coefficient (Wildman–Crippen LogP) is 3.40. The quantitative estimate of drug-likeness (QED) is 0.894. The van der Waals surface area contributed by atoms with Crippen LogP contribution in [0.5, 0.6) is 0 Å². The SMILES string of the molecule is Cc1nc(-c2c(F)cccc2Cl)sc1CO. The molecule has 0 saturated carbocycles. The Labute approximate surface area is 101 Å². The molecule has 0 saturated heterocycles. The highest BCUT2D eigenvalue weighted by atomic mass is 35.5. The van der Waals surface area contributed by atoms with E-state index in [1.165, 1.54) is 17.4 Å². The maximum Gasteiger partial charge on any atom is 0.134 e. The Bertz CT molecular complexity index is 506. The third-order valence-corrected chi connectivity index (χ3v) is 3.69. The first-order chi connectivity index (χ1) is 7.63. The van der Waals surface area contributed by atoms with E-state index < -0.39 is 5.82 Å². The van der Waals surface area contributed by atoms with Gasteiger partial charge in [0.05, 0.1) is 27.8 Å². The second-order valence-corrected chi connectivity index (χ2v) is 4.77. The second kappa shape index (κ2) is 4.49. The van der Waals surface area contributed by atoms with Crippen molar-refractivity contribution in [1.82, 2.24) is 4.98 Å². The summed E-state index contributed by atoms with van der Waals surface area (Å²) in [7, 11) is 0. The van der Waals surface area contributed by atoms with E-state index in [0.29, 0.717) is 21.3 Å². The highest BCUT2D eigenvalue weighted by molar-refractivity contribution is 7.15. The Morgan fingerprint density at radius 3 is 2.81 bits per heavy atom. The van der Waals surface area contributed by atoms with Crippen molar-refractivity contribution in [2.75, 3.05) is 0 Å². The van der Waals surface area contributed by atoms with Gasteiger partial charge in [-0.15, -0.1) is 11.3 Å². The maximum atomic E-state index is 13.6. The van der Waals surface area contributed by atoms with E-state index in [4.69, 9.17) is 16.7 Å². The number of thiazole rings is 1. The summed E-state index contributed by atoms with van der Waals surface area (Å²) in [5.41, 5.74) is 1.01. The van der Waals surface area contributed by atoms with Crippen molar-refractivity contribution in [3.8, 4) is 10.6 Å². The predicted molar refractivity (Wildman–Crippen MR) is 63.2 cm³/mol. The lowest BCUT2D eigenvalue weighted by molar-refractivity contribution is 0.284. The summed E-state index contributed by atoms with van der Waals surface area (Å²) in [5, 5.41) is 9.90. The van der Waals surface area contributed by atoms with Gasteiger partial charge in [-0.2, -0.15) is 0 Å². The molecule has 0 aliphatic carbocycles. The van der Waals surface area contributed by atoms with Crippen LogP contribution in [0.25, 0.3) is 10.6 Å². The number of halogens is 2. The Morgan fingerprint density at radius 1 is 1.50 bits per heavy atom. The van der Waals surface area contributed by atoms with Crippen molar-refractivity contribution >= 4 is 22.9 Å². The number of hydrogen-bond donors (Lipinski definition) is 1. The number of aromatic nitrogens is 1. The minimum atomic E-state index is -0.397. The van der Waals surface area contributed by atoms with Gasteiger partial charge in [0, 0.05) is 0 Å². The van der Waals surface area contributed by atoms with E-state index in [9.17, 15) is 4.39 Å². The molecule has 2 aromatic rings. The molecular weight excluding hydrogens is 249 g/mol. The van der Waals surface area contributed by atoms with Crippen LogP contribution in [0.4, 0.5) is 4.39 Å². The molecule has 0 unspecified atom stereocenters. The molecule has 84 valence electrons. The van der Waals surface area contributed by atoms with Crippen LogP contribution in [0.15, 0.2) is 18.2 Å². The Hall–Kier alpha value is -0.970. The fourth-order valence-electron chi connectivity index (χ4n) is 1.38. The molecular formula is C11H9ClFNOS. The molecule has 1 aromatic heterocycles. The number of hydrogen-bond acceptors (Lipinski definition) is 3. The fourth-order valence-corrected chi connectivity index (χ4v) is 2.68. The van der Waals surface area contributed by atoms with Crippen LogP contribution in [0.3, 0.4) is 0 Å². The van der Waals surface area contributed by atoms with E-state index in [0.717, 1.165) is 4.88 Å². The average molecular weight is 258 g/mol. The topological polar surface area (TPSA) is 33.1 Å². The summed E-state index contributed by atoms with van der Waals surface area (Å²) in [6.45, 7) is 1.69. The van der Waals surface area contributed by atoms with E-state index in [1.807, 2.05) is 0 Å². The van der Waals surface area contributed by atoms with E-state index >= 15 is 0 Å². The van der Waals surface area contributed by atoms with Gasteiger partial charge >= 0.3 is 0 Å². The van der Waals surface area contributed by atoms with Crippen LogP contribution < -0.4 is 0 Å². The molecule has 0 spiro atoms. The molecule has 1 aromatic carbocycles. The first-order valence-corrected chi connectivity index (χ1v) is 5.84. The van der Waals surface area contributed by atoms with Crippen molar-refractivity contribution in [3.05, 3.63) is 39.6 Å². The molecule has 1 heterocycles. The first-order valence-electron chi connectivity index (χ1n) is 4.65. The molecule has 2 rings (SSSR count). The molecule has 0 radical (unpaired) electrons. The zero-order chi connectivity index (χ0) is 11.7. The van der Waals surface area contributed by atoms with Crippen molar-refractivity contribution in [1.29, 1.82) is 0 Å². The monoisotopic (exact) mass is 257 g/mol. The van der Waals surface area contributed by atoms with E-state index in [1.54, 1.807) is 19.1 Å². The van der Waals surface area contributed by atoms with E-state index in [2.05, 4.69) is 4.98 Å². The van der Waals surface area contributed by atoms with Gasteiger partial charge in [-0.25, -0.2) is 9.37 Å². The lowest BCUT2D eigenvalue weighted by Gasteiger charge is -2.00. The van der Waals surface area contributed by atoms with Gasteiger partial charge in [0.15, 0.2) is 0 Å². The minimum Gasteiger partial charge on any atom is -0.391 e. The molecule has 0 aliphatic rings. The number of aliphatic hydroxyl groups is 1. The standard InChI is InChI=1S/C11H9ClFNOS/c1-6-9(5-15)16-11(14-6)10-7(12)3-2-4-8(10)13/h2-4,15H,5H2,1H3. The third-order valence-electron chi connectivity index (χ3n) is 2.21.